The van der Waals surface area contributed by atoms with Crippen molar-refractivity contribution in [1.29, 1.82) is 0 Å². The van der Waals surface area contributed by atoms with E-state index in [1.54, 1.807) is 6.07 Å². The number of primary sulfonamides is 1. The lowest BCUT2D eigenvalue weighted by molar-refractivity contribution is 0.598. The highest BCUT2D eigenvalue weighted by Gasteiger charge is 2.12. The third kappa shape index (κ3) is 3.74. The standard InChI is InChI=1S/C15H19N3O2S/c1-10-3-5-12(6-4-10)11(2)18-15-8-7-13(9-14(15)16)21(17,19)20/h3-9,11,18H,16H2,1-2H3,(H2,17,19,20). The quantitative estimate of drug-likeness (QED) is 0.755. The van der Waals surface area contributed by atoms with Gasteiger partial charge in [0.2, 0.25) is 10.0 Å². The first-order valence-corrected chi connectivity index (χ1v) is 8.07. The molecular formula is C15H19N3O2S. The number of nitrogen functional groups attached to an aromatic ring is 1. The zero-order chi connectivity index (χ0) is 15.6. The zero-order valence-electron chi connectivity index (χ0n) is 12.0. The lowest BCUT2D eigenvalue weighted by atomic mass is 10.1. The molecule has 0 aliphatic heterocycles. The Balaban J connectivity index is 2.22. The predicted octanol–water partition coefficient (Wildman–Crippen LogP) is 2.40. The van der Waals surface area contributed by atoms with Gasteiger partial charge in [-0.15, -0.1) is 0 Å². The van der Waals surface area contributed by atoms with Gasteiger partial charge in [-0.3, -0.25) is 0 Å². The molecule has 0 fully saturated rings. The number of nitrogens with two attached hydrogens (primary N) is 2. The molecule has 0 bridgehead atoms. The zero-order valence-corrected chi connectivity index (χ0v) is 12.8. The highest BCUT2D eigenvalue weighted by molar-refractivity contribution is 7.89. The van der Waals surface area contributed by atoms with E-state index >= 15 is 0 Å². The Morgan fingerprint density at radius 2 is 1.71 bits per heavy atom. The molecule has 2 rings (SSSR count). The van der Waals surface area contributed by atoms with Crippen LogP contribution >= 0.6 is 0 Å². The number of hydrogen-bond donors (Lipinski definition) is 3. The first-order chi connectivity index (χ1) is 9.77. The van der Waals surface area contributed by atoms with Gasteiger partial charge >= 0.3 is 0 Å². The van der Waals surface area contributed by atoms with Crippen LogP contribution < -0.4 is 16.2 Å². The van der Waals surface area contributed by atoms with Crippen molar-refractivity contribution in [2.24, 2.45) is 5.14 Å². The molecule has 1 unspecified atom stereocenters. The molecule has 0 saturated carbocycles. The van der Waals surface area contributed by atoms with E-state index in [0.29, 0.717) is 11.4 Å². The molecule has 21 heavy (non-hydrogen) atoms. The number of hydrogen-bond acceptors (Lipinski definition) is 4. The predicted molar refractivity (Wildman–Crippen MR) is 85.4 cm³/mol. The molecule has 0 radical (unpaired) electrons. The van der Waals surface area contributed by atoms with E-state index < -0.39 is 10.0 Å². The first kappa shape index (κ1) is 15.3. The minimum Gasteiger partial charge on any atom is -0.397 e. The van der Waals surface area contributed by atoms with E-state index in [1.165, 1.54) is 17.7 Å². The fourth-order valence-corrected chi connectivity index (χ4v) is 2.57. The van der Waals surface area contributed by atoms with E-state index in [9.17, 15) is 8.42 Å². The molecule has 0 aromatic heterocycles. The summed E-state index contributed by atoms with van der Waals surface area (Å²) in [6.07, 6.45) is 0. The van der Waals surface area contributed by atoms with E-state index in [-0.39, 0.29) is 10.9 Å². The second-order valence-corrected chi connectivity index (χ2v) is 6.63. The maximum atomic E-state index is 11.3. The van der Waals surface area contributed by atoms with Crippen molar-refractivity contribution in [1.82, 2.24) is 0 Å². The van der Waals surface area contributed by atoms with Gasteiger partial charge in [0.05, 0.1) is 16.3 Å². The van der Waals surface area contributed by atoms with Crippen LogP contribution in [0.15, 0.2) is 47.4 Å². The second kappa shape index (κ2) is 5.75. The molecule has 0 aliphatic rings. The van der Waals surface area contributed by atoms with Gasteiger partial charge < -0.3 is 11.1 Å². The minimum atomic E-state index is -3.74. The highest BCUT2D eigenvalue weighted by Crippen LogP contribution is 2.26. The molecule has 2 aromatic rings. The average Bonchev–Trinajstić information content (AvgIpc) is 2.40. The second-order valence-electron chi connectivity index (χ2n) is 5.07. The van der Waals surface area contributed by atoms with Gasteiger partial charge in [0.1, 0.15) is 0 Å². The normalized spacial score (nSPS) is 12.9. The van der Waals surface area contributed by atoms with Crippen molar-refractivity contribution in [2.45, 2.75) is 24.8 Å². The molecule has 5 N–H and O–H groups in total. The minimum absolute atomic E-state index is 0.00791. The molecule has 0 aliphatic carbocycles. The summed E-state index contributed by atoms with van der Waals surface area (Å²) in [4.78, 5) is 0.00791. The van der Waals surface area contributed by atoms with E-state index in [4.69, 9.17) is 10.9 Å². The van der Waals surface area contributed by atoms with Crippen molar-refractivity contribution in [3.63, 3.8) is 0 Å². The molecule has 6 heteroatoms. The summed E-state index contributed by atoms with van der Waals surface area (Å²) in [6, 6.07) is 12.6. The molecule has 0 spiro atoms. The SMILES string of the molecule is Cc1ccc(C(C)Nc2ccc(S(N)(=O)=O)cc2N)cc1. The number of aryl methyl sites for hydroxylation is 1. The van der Waals surface area contributed by atoms with Crippen LogP contribution in [0.3, 0.4) is 0 Å². The van der Waals surface area contributed by atoms with Gasteiger partial charge in [-0.1, -0.05) is 29.8 Å². The lowest BCUT2D eigenvalue weighted by Gasteiger charge is -2.18. The van der Waals surface area contributed by atoms with Crippen LogP contribution in [0.4, 0.5) is 11.4 Å². The summed E-state index contributed by atoms with van der Waals surface area (Å²) in [7, 11) is -3.74. The summed E-state index contributed by atoms with van der Waals surface area (Å²) in [6.45, 7) is 4.05. The fraction of sp³-hybridized carbons (Fsp3) is 0.200. The first-order valence-electron chi connectivity index (χ1n) is 6.53. The van der Waals surface area contributed by atoms with Crippen LogP contribution in [0.1, 0.15) is 24.1 Å². The summed E-state index contributed by atoms with van der Waals surface area (Å²) in [5.41, 5.74) is 9.23. The van der Waals surface area contributed by atoms with Gasteiger partial charge in [-0.25, -0.2) is 13.6 Å². The number of nitrogens with one attached hydrogen (secondary N) is 1. The molecule has 112 valence electrons. The van der Waals surface area contributed by atoms with Gasteiger partial charge in [-0.2, -0.15) is 0 Å². The van der Waals surface area contributed by atoms with Crippen LogP contribution in [0.25, 0.3) is 0 Å². The van der Waals surface area contributed by atoms with Crippen LogP contribution in [-0.4, -0.2) is 8.42 Å². The number of anilines is 2. The number of benzene rings is 2. The molecule has 0 amide bonds. The van der Waals surface area contributed by atoms with Crippen molar-refractivity contribution >= 4 is 21.4 Å². The Bertz CT molecular complexity index is 740. The topological polar surface area (TPSA) is 98.2 Å². The Labute approximate surface area is 125 Å². The molecular weight excluding hydrogens is 286 g/mol. The van der Waals surface area contributed by atoms with Crippen LogP contribution in [0.5, 0.6) is 0 Å². The van der Waals surface area contributed by atoms with Crippen molar-refractivity contribution < 1.29 is 8.42 Å². The monoisotopic (exact) mass is 305 g/mol. The Morgan fingerprint density at radius 3 is 2.24 bits per heavy atom. The summed E-state index contributed by atoms with van der Waals surface area (Å²) >= 11 is 0. The smallest absolute Gasteiger partial charge is 0.238 e. The average molecular weight is 305 g/mol. The van der Waals surface area contributed by atoms with E-state index in [1.807, 2.05) is 38.1 Å². The van der Waals surface area contributed by atoms with Crippen LogP contribution in [-0.2, 0) is 10.0 Å². The van der Waals surface area contributed by atoms with Crippen molar-refractivity contribution in [3.8, 4) is 0 Å². The maximum Gasteiger partial charge on any atom is 0.238 e. The Hall–Kier alpha value is -2.05. The largest absolute Gasteiger partial charge is 0.397 e. The van der Waals surface area contributed by atoms with Crippen LogP contribution in [0, 0.1) is 6.92 Å². The Morgan fingerprint density at radius 1 is 1.10 bits per heavy atom. The summed E-state index contributed by atoms with van der Waals surface area (Å²) < 4.78 is 22.5. The van der Waals surface area contributed by atoms with Gasteiger partial charge in [-0.05, 0) is 37.6 Å². The third-order valence-electron chi connectivity index (χ3n) is 3.30. The molecule has 0 heterocycles. The third-order valence-corrected chi connectivity index (χ3v) is 4.21. The molecule has 2 aromatic carbocycles. The number of rotatable bonds is 4. The molecule has 5 nitrogen and oxygen atoms in total. The summed E-state index contributed by atoms with van der Waals surface area (Å²) in [5.74, 6) is 0. The van der Waals surface area contributed by atoms with Gasteiger partial charge in [0.25, 0.3) is 0 Å². The maximum absolute atomic E-state index is 11.3. The molecule has 0 saturated heterocycles. The van der Waals surface area contributed by atoms with Crippen molar-refractivity contribution in [2.75, 3.05) is 11.1 Å². The van der Waals surface area contributed by atoms with Crippen molar-refractivity contribution in [3.05, 3.63) is 53.6 Å². The van der Waals surface area contributed by atoms with Gasteiger partial charge in [0.15, 0.2) is 0 Å². The molecule has 1 atom stereocenters. The lowest BCUT2D eigenvalue weighted by Crippen LogP contribution is -2.13. The number of sulfonamides is 1. The van der Waals surface area contributed by atoms with E-state index in [0.717, 1.165) is 5.56 Å². The van der Waals surface area contributed by atoms with Gasteiger partial charge in [0, 0.05) is 6.04 Å². The van der Waals surface area contributed by atoms with Crippen LogP contribution in [0.2, 0.25) is 0 Å². The highest BCUT2D eigenvalue weighted by atomic mass is 32.2. The summed E-state index contributed by atoms with van der Waals surface area (Å²) in [5, 5.41) is 8.34. The fourth-order valence-electron chi connectivity index (χ4n) is 2.02. The van der Waals surface area contributed by atoms with E-state index in [2.05, 4.69) is 5.32 Å². The Kier molecular flexibility index (Phi) is 4.20.